The molecule has 0 amide bonds. The Morgan fingerprint density at radius 3 is 3.14 bits per heavy atom. The minimum atomic E-state index is -0.0193. The second kappa shape index (κ2) is 3.71. The number of ether oxygens (including phenoxy) is 1. The molecule has 1 N–H and O–H groups in total. The van der Waals surface area contributed by atoms with Crippen LogP contribution in [0.15, 0.2) is 12.3 Å². The minimum absolute atomic E-state index is 0.0193. The summed E-state index contributed by atoms with van der Waals surface area (Å²) in [7, 11) is 0. The molecule has 4 heteroatoms. The van der Waals surface area contributed by atoms with E-state index in [2.05, 4.69) is 28.9 Å². The molecule has 1 fully saturated rings. The molecule has 1 aliphatic heterocycles. The minimum Gasteiger partial charge on any atom is -0.373 e. The van der Waals surface area contributed by atoms with Crippen LogP contribution in [0.4, 0.5) is 0 Å². The second-order valence-corrected chi connectivity index (χ2v) is 4.38. The lowest BCUT2D eigenvalue weighted by Crippen LogP contribution is -2.47. The van der Waals surface area contributed by atoms with E-state index in [0.717, 1.165) is 31.9 Å². The smallest absolute Gasteiger partial charge is 0.0762 e. The molecule has 0 spiro atoms. The number of hydrogen-bond acceptors (Lipinski definition) is 3. The third kappa shape index (κ3) is 2.33. The Hall–Kier alpha value is -0.870. The van der Waals surface area contributed by atoms with E-state index in [4.69, 9.17) is 4.74 Å². The standard InChI is InChI=1S/C10H17N3O/c1-10(2)8-13(5-6-14-10)7-9-3-4-11-12-9/h3-4H,5-8H2,1-2H3,(H,11,12). The molecule has 1 aliphatic rings. The lowest BCUT2D eigenvalue weighted by atomic mass is 10.1. The van der Waals surface area contributed by atoms with Crippen molar-refractivity contribution >= 4 is 0 Å². The van der Waals surface area contributed by atoms with Crippen LogP contribution >= 0.6 is 0 Å². The summed E-state index contributed by atoms with van der Waals surface area (Å²) in [5.41, 5.74) is 1.08. The van der Waals surface area contributed by atoms with Crippen LogP contribution in [-0.4, -0.2) is 40.4 Å². The zero-order chi connectivity index (χ0) is 10.0. The lowest BCUT2D eigenvalue weighted by Gasteiger charge is -2.37. The van der Waals surface area contributed by atoms with Crippen molar-refractivity contribution in [2.24, 2.45) is 0 Å². The molecule has 1 aromatic heterocycles. The van der Waals surface area contributed by atoms with Gasteiger partial charge < -0.3 is 4.74 Å². The van der Waals surface area contributed by atoms with Crippen molar-refractivity contribution in [2.75, 3.05) is 19.7 Å². The number of hydrogen-bond donors (Lipinski definition) is 1. The lowest BCUT2D eigenvalue weighted by molar-refractivity contribution is -0.0885. The van der Waals surface area contributed by atoms with Gasteiger partial charge >= 0.3 is 0 Å². The largest absolute Gasteiger partial charge is 0.373 e. The molecule has 0 unspecified atom stereocenters. The topological polar surface area (TPSA) is 41.2 Å². The maximum absolute atomic E-state index is 5.64. The van der Waals surface area contributed by atoms with Crippen LogP contribution in [0.2, 0.25) is 0 Å². The van der Waals surface area contributed by atoms with Crippen molar-refractivity contribution in [1.29, 1.82) is 0 Å². The first-order valence-corrected chi connectivity index (χ1v) is 5.01. The van der Waals surface area contributed by atoms with Gasteiger partial charge in [0, 0.05) is 25.8 Å². The van der Waals surface area contributed by atoms with E-state index in [1.54, 1.807) is 0 Å². The summed E-state index contributed by atoms with van der Waals surface area (Å²) in [6.45, 7) is 7.96. The van der Waals surface area contributed by atoms with Gasteiger partial charge in [-0.1, -0.05) is 0 Å². The van der Waals surface area contributed by atoms with E-state index in [9.17, 15) is 0 Å². The first-order valence-electron chi connectivity index (χ1n) is 5.01. The van der Waals surface area contributed by atoms with E-state index >= 15 is 0 Å². The highest BCUT2D eigenvalue weighted by atomic mass is 16.5. The number of nitrogens with one attached hydrogen (secondary N) is 1. The Bertz CT molecular complexity index is 282. The normalized spacial score (nSPS) is 22.4. The van der Waals surface area contributed by atoms with Crippen LogP contribution in [0.3, 0.4) is 0 Å². The van der Waals surface area contributed by atoms with Gasteiger partial charge in [0.05, 0.1) is 17.9 Å². The number of nitrogens with zero attached hydrogens (tertiary/aromatic N) is 2. The Kier molecular flexibility index (Phi) is 2.56. The Morgan fingerprint density at radius 2 is 2.50 bits per heavy atom. The molecule has 0 atom stereocenters. The zero-order valence-corrected chi connectivity index (χ0v) is 8.79. The van der Waals surface area contributed by atoms with Crippen molar-refractivity contribution in [3.63, 3.8) is 0 Å². The highest BCUT2D eigenvalue weighted by molar-refractivity contribution is 4.98. The molecule has 1 aromatic rings. The van der Waals surface area contributed by atoms with E-state index in [-0.39, 0.29) is 5.60 Å². The monoisotopic (exact) mass is 195 g/mol. The molecule has 1 saturated heterocycles. The summed E-state index contributed by atoms with van der Waals surface area (Å²) in [5.74, 6) is 0. The summed E-state index contributed by atoms with van der Waals surface area (Å²) >= 11 is 0. The molecule has 4 nitrogen and oxygen atoms in total. The fraction of sp³-hybridized carbons (Fsp3) is 0.700. The zero-order valence-electron chi connectivity index (χ0n) is 8.79. The van der Waals surface area contributed by atoms with Gasteiger partial charge in [-0.3, -0.25) is 10.00 Å². The predicted octanol–water partition coefficient (Wildman–Crippen LogP) is 1.02. The summed E-state index contributed by atoms with van der Waals surface area (Å²) in [6, 6.07) is 2.02. The van der Waals surface area contributed by atoms with Gasteiger partial charge in [0.15, 0.2) is 0 Å². The van der Waals surface area contributed by atoms with Crippen molar-refractivity contribution in [3.05, 3.63) is 18.0 Å². The van der Waals surface area contributed by atoms with Gasteiger partial charge in [0.1, 0.15) is 0 Å². The number of morpholine rings is 1. The maximum atomic E-state index is 5.64. The maximum Gasteiger partial charge on any atom is 0.0762 e. The van der Waals surface area contributed by atoms with Gasteiger partial charge in [-0.2, -0.15) is 5.10 Å². The van der Waals surface area contributed by atoms with Gasteiger partial charge in [-0.25, -0.2) is 0 Å². The average Bonchev–Trinajstić information content (AvgIpc) is 2.54. The molecular weight excluding hydrogens is 178 g/mol. The van der Waals surface area contributed by atoms with Crippen LogP contribution in [-0.2, 0) is 11.3 Å². The fourth-order valence-electron chi connectivity index (χ4n) is 1.86. The average molecular weight is 195 g/mol. The molecule has 78 valence electrons. The quantitative estimate of drug-likeness (QED) is 0.766. The highest BCUT2D eigenvalue weighted by Gasteiger charge is 2.27. The van der Waals surface area contributed by atoms with Crippen molar-refractivity contribution in [1.82, 2.24) is 15.1 Å². The van der Waals surface area contributed by atoms with Crippen molar-refractivity contribution in [2.45, 2.75) is 26.0 Å². The van der Waals surface area contributed by atoms with Crippen molar-refractivity contribution < 1.29 is 4.74 Å². The number of rotatable bonds is 2. The van der Waals surface area contributed by atoms with E-state index in [1.165, 1.54) is 0 Å². The van der Waals surface area contributed by atoms with Crippen LogP contribution in [0.1, 0.15) is 19.5 Å². The highest BCUT2D eigenvalue weighted by Crippen LogP contribution is 2.17. The third-order valence-electron chi connectivity index (χ3n) is 2.45. The fourth-order valence-corrected chi connectivity index (χ4v) is 1.86. The van der Waals surface area contributed by atoms with E-state index < -0.39 is 0 Å². The second-order valence-electron chi connectivity index (χ2n) is 4.38. The summed E-state index contributed by atoms with van der Waals surface area (Å²) < 4.78 is 5.64. The Morgan fingerprint density at radius 1 is 1.64 bits per heavy atom. The van der Waals surface area contributed by atoms with Gasteiger partial charge in [0.25, 0.3) is 0 Å². The predicted molar refractivity (Wildman–Crippen MR) is 53.9 cm³/mol. The molecule has 0 bridgehead atoms. The van der Waals surface area contributed by atoms with Crippen LogP contribution < -0.4 is 0 Å². The number of H-pyrrole nitrogens is 1. The molecule has 0 aromatic carbocycles. The van der Waals surface area contributed by atoms with Gasteiger partial charge in [-0.15, -0.1) is 0 Å². The van der Waals surface area contributed by atoms with Gasteiger partial charge in [0.2, 0.25) is 0 Å². The van der Waals surface area contributed by atoms with Crippen LogP contribution in [0, 0.1) is 0 Å². The Balaban J connectivity index is 1.92. The van der Waals surface area contributed by atoms with Crippen LogP contribution in [0.5, 0.6) is 0 Å². The molecule has 2 heterocycles. The molecule has 14 heavy (non-hydrogen) atoms. The van der Waals surface area contributed by atoms with E-state index in [0.29, 0.717) is 0 Å². The first kappa shape index (κ1) is 9.68. The van der Waals surface area contributed by atoms with Crippen LogP contribution in [0.25, 0.3) is 0 Å². The first-order chi connectivity index (χ1) is 6.66. The molecule has 2 rings (SSSR count). The number of aromatic nitrogens is 2. The third-order valence-corrected chi connectivity index (χ3v) is 2.45. The summed E-state index contributed by atoms with van der Waals surface area (Å²) in [4.78, 5) is 2.37. The Labute approximate surface area is 84.3 Å². The molecular formula is C10H17N3O. The molecule has 0 radical (unpaired) electrons. The SMILES string of the molecule is CC1(C)CN(Cc2cc[nH]n2)CCO1. The summed E-state index contributed by atoms with van der Waals surface area (Å²) in [5, 5.41) is 6.98. The molecule has 0 aliphatic carbocycles. The summed E-state index contributed by atoms with van der Waals surface area (Å²) in [6.07, 6.45) is 1.86. The van der Waals surface area contributed by atoms with Gasteiger partial charge in [-0.05, 0) is 19.9 Å². The van der Waals surface area contributed by atoms with Crippen molar-refractivity contribution in [3.8, 4) is 0 Å². The number of aromatic amines is 1. The molecule has 0 saturated carbocycles. The van der Waals surface area contributed by atoms with E-state index in [1.807, 2.05) is 12.3 Å².